The van der Waals surface area contributed by atoms with E-state index in [0.29, 0.717) is 24.7 Å². The molecule has 2 aromatic heterocycles. The molecule has 1 fully saturated rings. The van der Waals surface area contributed by atoms with Crippen LogP contribution in [0.25, 0.3) is 33.3 Å². The quantitative estimate of drug-likeness (QED) is 0.183. The minimum atomic E-state index is -0.315. The first-order chi connectivity index (χ1) is 19.6. The molecule has 1 aliphatic carbocycles. The van der Waals surface area contributed by atoms with Gasteiger partial charge in [-0.15, -0.1) is 0 Å². The normalized spacial score (nSPS) is 18.0. The van der Waals surface area contributed by atoms with Gasteiger partial charge >= 0.3 is 0 Å². The number of hydrogen-bond acceptors (Lipinski definition) is 5. The van der Waals surface area contributed by atoms with E-state index < -0.39 is 0 Å². The van der Waals surface area contributed by atoms with Crippen LogP contribution in [-0.2, 0) is 11.2 Å². The molecule has 0 spiro atoms. The number of hydrogen-bond donors (Lipinski definition) is 5. The lowest BCUT2D eigenvalue weighted by molar-refractivity contribution is -0.127. The highest BCUT2D eigenvalue weighted by Gasteiger charge is 2.29. The predicted octanol–water partition coefficient (Wildman–Crippen LogP) is 5.37. The van der Waals surface area contributed by atoms with E-state index in [1.807, 2.05) is 48.7 Å². The molecule has 5 aromatic rings. The summed E-state index contributed by atoms with van der Waals surface area (Å²) in [6.45, 7) is 0.694. The molecule has 1 amide bonds. The van der Waals surface area contributed by atoms with Gasteiger partial charge in [-0.1, -0.05) is 60.7 Å². The van der Waals surface area contributed by atoms with Crippen molar-refractivity contribution in [3.8, 4) is 22.4 Å². The van der Waals surface area contributed by atoms with Crippen molar-refractivity contribution < 1.29 is 4.79 Å². The molecule has 6 rings (SSSR count). The van der Waals surface area contributed by atoms with Crippen LogP contribution in [0.15, 0.2) is 79.0 Å². The van der Waals surface area contributed by atoms with Crippen LogP contribution in [0, 0.1) is 11.8 Å². The maximum Gasteiger partial charge on any atom is 0.223 e. The van der Waals surface area contributed by atoms with Gasteiger partial charge in [-0.25, -0.2) is 4.98 Å². The van der Waals surface area contributed by atoms with Crippen molar-refractivity contribution in [3.63, 3.8) is 0 Å². The Labute approximate surface area is 233 Å². The Bertz CT molecular complexity index is 1600. The van der Waals surface area contributed by atoms with Crippen LogP contribution < -0.4 is 16.8 Å². The third-order valence-corrected chi connectivity index (χ3v) is 8.21. The fourth-order valence-corrected chi connectivity index (χ4v) is 5.85. The Hall–Kier alpha value is -4.43. The van der Waals surface area contributed by atoms with E-state index >= 15 is 0 Å². The lowest BCUT2D eigenvalue weighted by Gasteiger charge is -2.28. The van der Waals surface area contributed by atoms with E-state index in [0.717, 1.165) is 70.4 Å². The second kappa shape index (κ2) is 11.4. The highest BCUT2D eigenvalue weighted by molar-refractivity contribution is 5.91. The monoisotopic (exact) mass is 533 g/mol. The zero-order valence-electron chi connectivity index (χ0n) is 22.4. The molecular formula is C32H35N7O. The van der Waals surface area contributed by atoms with Crippen molar-refractivity contribution in [1.82, 2.24) is 25.5 Å². The van der Waals surface area contributed by atoms with Crippen molar-refractivity contribution in [2.24, 2.45) is 17.6 Å². The van der Waals surface area contributed by atoms with Crippen LogP contribution in [0.2, 0.25) is 0 Å². The first kappa shape index (κ1) is 25.8. The minimum absolute atomic E-state index is 0.00246. The number of H-pyrrole nitrogens is 2. The molecule has 40 heavy (non-hydrogen) atoms. The minimum Gasteiger partial charge on any atom is -0.382 e. The molecule has 2 heterocycles. The molecule has 7 N–H and O–H groups in total. The number of aromatic amines is 2. The summed E-state index contributed by atoms with van der Waals surface area (Å²) >= 11 is 0. The summed E-state index contributed by atoms with van der Waals surface area (Å²) in [6, 6.07) is 24.3. The van der Waals surface area contributed by atoms with E-state index in [2.05, 4.69) is 50.8 Å². The lowest BCUT2D eigenvalue weighted by Crippen LogP contribution is -2.37. The maximum absolute atomic E-state index is 13.5. The van der Waals surface area contributed by atoms with Gasteiger partial charge in [-0.3, -0.25) is 9.89 Å². The first-order valence-electron chi connectivity index (χ1n) is 14.0. The molecule has 204 valence electrons. The number of nitrogens with zero attached hydrogens (tertiary/aromatic N) is 2. The number of rotatable bonds is 8. The number of aromatic nitrogens is 4. The number of fused-ring (bicyclic) bond motifs is 1. The summed E-state index contributed by atoms with van der Waals surface area (Å²) in [5.41, 5.74) is 17.9. The number of carbonyl (C=O) groups excluding carboxylic acids is 1. The highest BCUT2D eigenvalue weighted by atomic mass is 16.2. The van der Waals surface area contributed by atoms with E-state index in [-0.39, 0.29) is 17.9 Å². The Morgan fingerprint density at radius 1 is 0.975 bits per heavy atom. The summed E-state index contributed by atoms with van der Waals surface area (Å²) < 4.78 is 0. The van der Waals surface area contributed by atoms with Crippen molar-refractivity contribution >= 4 is 22.6 Å². The van der Waals surface area contributed by atoms with Gasteiger partial charge in [0.2, 0.25) is 5.91 Å². The van der Waals surface area contributed by atoms with E-state index in [9.17, 15) is 4.79 Å². The SMILES string of the molecule is NC[C@H]1CC[C@H](C(=O)N[C@@H](Cc2ccccc2-c2ccccc2)c2nc(-c3ccc4c(N)n[nH]c4c3)c[nH]2)CC1. The van der Waals surface area contributed by atoms with Gasteiger partial charge in [0.1, 0.15) is 5.82 Å². The van der Waals surface area contributed by atoms with Crippen molar-refractivity contribution in [3.05, 3.63) is 90.4 Å². The van der Waals surface area contributed by atoms with Crippen molar-refractivity contribution in [2.45, 2.75) is 38.1 Å². The number of amides is 1. The average Bonchev–Trinajstić information content (AvgIpc) is 3.64. The molecule has 8 nitrogen and oxygen atoms in total. The Balaban J connectivity index is 1.30. The number of benzene rings is 3. The number of carbonyl (C=O) groups is 1. The van der Waals surface area contributed by atoms with Gasteiger partial charge in [0.15, 0.2) is 5.82 Å². The van der Waals surface area contributed by atoms with E-state index in [1.165, 1.54) is 0 Å². The van der Waals surface area contributed by atoms with Gasteiger partial charge in [0.25, 0.3) is 0 Å². The second-order valence-corrected chi connectivity index (χ2v) is 10.8. The van der Waals surface area contributed by atoms with Gasteiger partial charge in [-0.2, -0.15) is 5.10 Å². The smallest absolute Gasteiger partial charge is 0.223 e. The van der Waals surface area contributed by atoms with Crippen LogP contribution >= 0.6 is 0 Å². The Morgan fingerprint density at radius 3 is 2.55 bits per heavy atom. The molecule has 3 aromatic carbocycles. The summed E-state index contributed by atoms with van der Waals surface area (Å²) in [5.74, 6) is 1.81. The molecule has 1 aliphatic rings. The fourth-order valence-electron chi connectivity index (χ4n) is 5.85. The standard InChI is InChI=1S/C32H35N7O/c33-18-20-10-12-22(13-11-20)32(40)37-28(16-23-8-4-5-9-25(23)21-6-2-1-3-7-21)31-35-19-29(36-31)24-14-15-26-27(17-24)38-39-30(26)34/h1-9,14-15,17,19-20,22,28H,10-13,16,18,33H2,(H,35,36)(H,37,40)(H3,34,38,39)/t20-,22-,28-/m0/s1. The summed E-state index contributed by atoms with van der Waals surface area (Å²) in [7, 11) is 0. The summed E-state index contributed by atoms with van der Waals surface area (Å²) in [5, 5.41) is 11.3. The number of anilines is 1. The number of nitrogens with two attached hydrogens (primary N) is 2. The molecule has 1 atom stereocenters. The predicted molar refractivity (Wildman–Crippen MR) is 159 cm³/mol. The van der Waals surface area contributed by atoms with Crippen molar-refractivity contribution in [2.75, 3.05) is 12.3 Å². The average molecular weight is 534 g/mol. The number of imidazole rings is 1. The molecule has 0 radical (unpaired) electrons. The van der Waals surface area contributed by atoms with Crippen LogP contribution in [0.4, 0.5) is 5.82 Å². The van der Waals surface area contributed by atoms with E-state index in [4.69, 9.17) is 16.5 Å². The van der Waals surface area contributed by atoms with Gasteiger partial charge in [0.05, 0.1) is 17.3 Å². The van der Waals surface area contributed by atoms with Crippen molar-refractivity contribution in [1.29, 1.82) is 0 Å². The van der Waals surface area contributed by atoms with Gasteiger partial charge in [0, 0.05) is 29.5 Å². The van der Waals surface area contributed by atoms with Crippen LogP contribution in [0.3, 0.4) is 0 Å². The molecular weight excluding hydrogens is 498 g/mol. The molecule has 1 saturated carbocycles. The molecule has 0 bridgehead atoms. The Kier molecular flexibility index (Phi) is 7.33. The molecule has 0 saturated heterocycles. The third kappa shape index (κ3) is 5.35. The van der Waals surface area contributed by atoms with Crippen LogP contribution in [-0.4, -0.2) is 32.6 Å². The molecule has 8 heteroatoms. The number of nitrogen functional groups attached to an aromatic ring is 1. The molecule has 0 aliphatic heterocycles. The van der Waals surface area contributed by atoms with Gasteiger partial charge < -0.3 is 21.8 Å². The maximum atomic E-state index is 13.5. The largest absolute Gasteiger partial charge is 0.382 e. The fraction of sp³-hybridized carbons (Fsp3) is 0.281. The van der Waals surface area contributed by atoms with Crippen LogP contribution in [0.5, 0.6) is 0 Å². The summed E-state index contributed by atoms with van der Waals surface area (Å²) in [6.07, 6.45) is 6.25. The number of nitrogens with one attached hydrogen (secondary N) is 3. The van der Waals surface area contributed by atoms with Crippen LogP contribution in [0.1, 0.15) is 43.1 Å². The Morgan fingerprint density at radius 2 is 1.75 bits per heavy atom. The zero-order valence-corrected chi connectivity index (χ0v) is 22.4. The highest BCUT2D eigenvalue weighted by Crippen LogP contribution is 2.32. The van der Waals surface area contributed by atoms with E-state index in [1.54, 1.807) is 0 Å². The summed E-state index contributed by atoms with van der Waals surface area (Å²) in [4.78, 5) is 21.9. The van der Waals surface area contributed by atoms with Gasteiger partial charge in [-0.05, 0) is 67.0 Å². The third-order valence-electron chi connectivity index (χ3n) is 8.21. The topological polar surface area (TPSA) is 138 Å². The first-order valence-corrected chi connectivity index (χ1v) is 14.0. The lowest BCUT2D eigenvalue weighted by atomic mass is 9.81. The zero-order chi connectivity index (χ0) is 27.5. The second-order valence-electron chi connectivity index (χ2n) is 10.8. The molecule has 0 unspecified atom stereocenters.